The van der Waals surface area contributed by atoms with E-state index in [4.69, 9.17) is 0 Å². The lowest BCUT2D eigenvalue weighted by Gasteiger charge is -2.02. The molecular formula is C10H10FNO. The third-order valence-electron chi connectivity index (χ3n) is 2.23. The van der Waals surface area contributed by atoms with Gasteiger partial charge in [0.05, 0.1) is 6.54 Å². The van der Waals surface area contributed by atoms with Crippen LogP contribution in [0.1, 0.15) is 15.9 Å². The monoisotopic (exact) mass is 179 g/mol. The van der Waals surface area contributed by atoms with Crippen molar-refractivity contribution in [3.63, 3.8) is 0 Å². The number of nitrogens with one attached hydrogen (secondary N) is 1. The van der Waals surface area contributed by atoms with Crippen molar-refractivity contribution in [2.75, 3.05) is 13.1 Å². The standard InChI is InChI=1S/C10H10FNO/c11-8-2-1-7-3-4-12-6-10(13)9(7)5-8/h1-2,5,12H,3-4,6H2. The van der Waals surface area contributed by atoms with Gasteiger partial charge in [-0.05, 0) is 30.7 Å². The van der Waals surface area contributed by atoms with Crippen LogP contribution in [0, 0.1) is 5.82 Å². The predicted octanol–water partition coefficient (Wildman–Crippen LogP) is 1.15. The fourth-order valence-corrected chi connectivity index (χ4v) is 1.55. The SMILES string of the molecule is O=C1CNCCc2ccc(F)cc21. The maximum absolute atomic E-state index is 12.8. The van der Waals surface area contributed by atoms with Crippen LogP contribution >= 0.6 is 0 Å². The molecule has 0 radical (unpaired) electrons. The average Bonchev–Trinajstić information content (AvgIpc) is 2.29. The summed E-state index contributed by atoms with van der Waals surface area (Å²) >= 11 is 0. The van der Waals surface area contributed by atoms with Gasteiger partial charge >= 0.3 is 0 Å². The van der Waals surface area contributed by atoms with Crippen LogP contribution in [0.3, 0.4) is 0 Å². The second kappa shape index (κ2) is 3.26. The highest BCUT2D eigenvalue weighted by Crippen LogP contribution is 2.14. The predicted molar refractivity (Wildman–Crippen MR) is 47.3 cm³/mol. The van der Waals surface area contributed by atoms with E-state index in [1.165, 1.54) is 12.1 Å². The summed E-state index contributed by atoms with van der Waals surface area (Å²) < 4.78 is 12.8. The highest BCUT2D eigenvalue weighted by Gasteiger charge is 2.14. The Bertz CT molecular complexity index is 349. The van der Waals surface area contributed by atoms with Gasteiger partial charge < -0.3 is 5.32 Å². The molecule has 0 aliphatic carbocycles. The molecule has 0 bridgehead atoms. The molecule has 13 heavy (non-hydrogen) atoms. The lowest BCUT2D eigenvalue weighted by molar-refractivity contribution is 0.0993. The van der Waals surface area contributed by atoms with Crippen molar-refractivity contribution in [1.82, 2.24) is 5.32 Å². The minimum absolute atomic E-state index is 0.0213. The van der Waals surface area contributed by atoms with Crippen molar-refractivity contribution in [2.24, 2.45) is 0 Å². The molecule has 3 heteroatoms. The normalized spacial score (nSPS) is 16.5. The van der Waals surface area contributed by atoms with Gasteiger partial charge in [-0.25, -0.2) is 4.39 Å². The maximum atomic E-state index is 12.8. The van der Waals surface area contributed by atoms with Crippen LogP contribution in [0.2, 0.25) is 0 Å². The van der Waals surface area contributed by atoms with E-state index in [-0.39, 0.29) is 11.6 Å². The summed E-state index contributed by atoms with van der Waals surface area (Å²) in [5.74, 6) is -0.360. The number of carbonyl (C=O) groups excluding carboxylic acids is 1. The number of ketones is 1. The molecular weight excluding hydrogens is 169 g/mol. The molecule has 68 valence electrons. The van der Waals surface area contributed by atoms with E-state index in [0.717, 1.165) is 18.5 Å². The molecule has 0 atom stereocenters. The molecule has 0 fully saturated rings. The van der Waals surface area contributed by atoms with E-state index in [0.29, 0.717) is 12.1 Å². The first kappa shape index (κ1) is 8.38. The van der Waals surface area contributed by atoms with Gasteiger partial charge in [0.2, 0.25) is 0 Å². The minimum Gasteiger partial charge on any atom is -0.309 e. The molecule has 0 unspecified atom stereocenters. The topological polar surface area (TPSA) is 29.1 Å². The largest absolute Gasteiger partial charge is 0.309 e. The lowest BCUT2D eigenvalue weighted by Crippen LogP contribution is -2.21. The second-order valence-corrected chi connectivity index (χ2v) is 3.15. The summed E-state index contributed by atoms with van der Waals surface area (Å²) in [5, 5.41) is 2.99. The zero-order valence-electron chi connectivity index (χ0n) is 7.14. The Hall–Kier alpha value is -1.22. The van der Waals surface area contributed by atoms with Crippen molar-refractivity contribution in [1.29, 1.82) is 0 Å². The van der Waals surface area contributed by atoms with E-state index in [9.17, 15) is 9.18 Å². The number of hydrogen-bond donors (Lipinski definition) is 1. The Kier molecular flexibility index (Phi) is 2.10. The summed E-state index contributed by atoms with van der Waals surface area (Å²) in [6, 6.07) is 4.41. The first-order valence-corrected chi connectivity index (χ1v) is 4.30. The Morgan fingerprint density at radius 1 is 1.38 bits per heavy atom. The van der Waals surface area contributed by atoms with E-state index in [1.807, 2.05) is 0 Å². The third kappa shape index (κ3) is 1.60. The quantitative estimate of drug-likeness (QED) is 0.647. The van der Waals surface area contributed by atoms with Crippen LogP contribution in [0.25, 0.3) is 0 Å². The zero-order chi connectivity index (χ0) is 9.26. The van der Waals surface area contributed by atoms with Gasteiger partial charge in [0, 0.05) is 5.56 Å². The first-order valence-electron chi connectivity index (χ1n) is 4.30. The summed E-state index contributed by atoms with van der Waals surface area (Å²) in [6.45, 7) is 1.10. The maximum Gasteiger partial charge on any atom is 0.176 e. The molecule has 1 aliphatic rings. The zero-order valence-corrected chi connectivity index (χ0v) is 7.14. The Morgan fingerprint density at radius 3 is 3.08 bits per heavy atom. The number of carbonyl (C=O) groups is 1. The molecule has 0 amide bonds. The molecule has 0 saturated carbocycles. The van der Waals surface area contributed by atoms with Gasteiger partial charge in [-0.3, -0.25) is 4.79 Å². The number of halogens is 1. The van der Waals surface area contributed by atoms with Crippen molar-refractivity contribution >= 4 is 5.78 Å². The molecule has 1 aromatic carbocycles. The van der Waals surface area contributed by atoms with Gasteiger partial charge in [-0.15, -0.1) is 0 Å². The van der Waals surface area contributed by atoms with E-state index in [2.05, 4.69) is 5.32 Å². The number of rotatable bonds is 0. The second-order valence-electron chi connectivity index (χ2n) is 3.15. The van der Waals surface area contributed by atoms with Gasteiger partial charge in [0.15, 0.2) is 5.78 Å². The third-order valence-corrected chi connectivity index (χ3v) is 2.23. The van der Waals surface area contributed by atoms with Gasteiger partial charge in [-0.1, -0.05) is 6.07 Å². The van der Waals surface area contributed by atoms with Crippen LogP contribution in [0.5, 0.6) is 0 Å². The summed E-state index contributed by atoms with van der Waals surface area (Å²) in [5.41, 5.74) is 1.47. The van der Waals surface area contributed by atoms with Crippen LogP contribution in [-0.4, -0.2) is 18.9 Å². The molecule has 0 aromatic heterocycles. The van der Waals surface area contributed by atoms with Crippen LogP contribution in [0.15, 0.2) is 18.2 Å². The minimum atomic E-state index is -0.339. The van der Waals surface area contributed by atoms with E-state index in [1.54, 1.807) is 6.07 Å². The number of fused-ring (bicyclic) bond motifs is 1. The van der Waals surface area contributed by atoms with Crippen LogP contribution in [-0.2, 0) is 6.42 Å². The van der Waals surface area contributed by atoms with Gasteiger partial charge in [0.1, 0.15) is 5.82 Å². The molecule has 2 rings (SSSR count). The Balaban J connectivity index is 2.49. The number of Topliss-reactive ketones (excluding diaryl/α,β-unsaturated/α-hetero) is 1. The molecule has 1 heterocycles. The van der Waals surface area contributed by atoms with Crippen molar-refractivity contribution < 1.29 is 9.18 Å². The smallest absolute Gasteiger partial charge is 0.176 e. The summed E-state index contributed by atoms with van der Waals surface area (Å²) in [7, 11) is 0. The van der Waals surface area contributed by atoms with E-state index < -0.39 is 0 Å². The Morgan fingerprint density at radius 2 is 2.23 bits per heavy atom. The van der Waals surface area contributed by atoms with Crippen LogP contribution < -0.4 is 5.32 Å². The van der Waals surface area contributed by atoms with Crippen LogP contribution in [0.4, 0.5) is 4.39 Å². The van der Waals surface area contributed by atoms with Gasteiger partial charge in [0.25, 0.3) is 0 Å². The van der Waals surface area contributed by atoms with Gasteiger partial charge in [-0.2, -0.15) is 0 Å². The summed E-state index contributed by atoms with van der Waals surface area (Å²) in [4.78, 5) is 11.4. The molecule has 1 aliphatic heterocycles. The molecule has 2 nitrogen and oxygen atoms in total. The molecule has 1 aromatic rings. The number of hydrogen-bond acceptors (Lipinski definition) is 2. The van der Waals surface area contributed by atoms with Crippen molar-refractivity contribution in [3.8, 4) is 0 Å². The molecule has 1 N–H and O–H groups in total. The molecule has 0 saturated heterocycles. The summed E-state index contributed by atoms with van der Waals surface area (Å²) in [6.07, 6.45) is 0.793. The van der Waals surface area contributed by atoms with Crippen molar-refractivity contribution in [2.45, 2.75) is 6.42 Å². The highest BCUT2D eigenvalue weighted by atomic mass is 19.1. The Labute approximate surface area is 75.8 Å². The lowest BCUT2D eigenvalue weighted by atomic mass is 10.0. The highest BCUT2D eigenvalue weighted by molar-refractivity contribution is 5.99. The average molecular weight is 179 g/mol. The van der Waals surface area contributed by atoms with Crippen molar-refractivity contribution in [3.05, 3.63) is 35.1 Å². The van der Waals surface area contributed by atoms with E-state index >= 15 is 0 Å². The fourth-order valence-electron chi connectivity index (χ4n) is 1.55. The fraction of sp³-hybridized carbons (Fsp3) is 0.300. The first-order chi connectivity index (χ1) is 6.27. The molecule has 0 spiro atoms. The number of benzene rings is 1.